The van der Waals surface area contributed by atoms with Gasteiger partial charge in [0, 0.05) is 42.5 Å². The number of aromatic nitrogens is 2. The van der Waals surface area contributed by atoms with Crippen molar-refractivity contribution in [2.75, 3.05) is 46.3 Å². The van der Waals surface area contributed by atoms with Gasteiger partial charge >= 0.3 is 6.09 Å². The molecule has 196 valence electrons. The fourth-order valence-electron chi connectivity index (χ4n) is 5.61. The van der Waals surface area contributed by atoms with Gasteiger partial charge in [-0.25, -0.2) is 4.79 Å². The molecular weight excluding hydrogens is 472 g/mol. The lowest BCUT2D eigenvalue weighted by molar-refractivity contribution is -0.00222. The fourth-order valence-corrected chi connectivity index (χ4v) is 5.61. The van der Waals surface area contributed by atoms with Gasteiger partial charge < -0.3 is 18.9 Å². The maximum absolute atomic E-state index is 12.4. The van der Waals surface area contributed by atoms with Crippen LogP contribution < -0.4 is 19.5 Å². The molecule has 6 rings (SSSR count). The van der Waals surface area contributed by atoms with Gasteiger partial charge in [-0.05, 0) is 73.8 Å². The van der Waals surface area contributed by atoms with E-state index in [-0.39, 0.29) is 6.04 Å². The van der Waals surface area contributed by atoms with Gasteiger partial charge in [-0.2, -0.15) is 5.10 Å². The number of carbonyl (C=O) groups is 1. The van der Waals surface area contributed by atoms with Gasteiger partial charge in [0.2, 0.25) is 0 Å². The largest absolute Gasteiger partial charge is 0.497 e. The molecule has 1 amide bonds. The topological polar surface area (TPSA) is 87.1 Å². The molecule has 37 heavy (non-hydrogen) atoms. The van der Waals surface area contributed by atoms with Crippen molar-refractivity contribution < 1.29 is 23.7 Å². The van der Waals surface area contributed by atoms with Gasteiger partial charge in [0.25, 0.3) is 0 Å². The second-order valence-electron chi connectivity index (χ2n) is 9.64. The minimum Gasteiger partial charge on any atom is -0.497 e. The number of carbonyl (C=O) groups excluding carboxylic acids is 1. The van der Waals surface area contributed by atoms with Crippen molar-refractivity contribution >= 4 is 11.8 Å². The number of nitrogens with one attached hydrogen (secondary N) is 1. The lowest BCUT2D eigenvalue weighted by Crippen LogP contribution is -2.54. The molecule has 4 unspecified atom stereocenters. The van der Waals surface area contributed by atoms with E-state index in [0.29, 0.717) is 35.6 Å². The van der Waals surface area contributed by atoms with E-state index in [1.54, 1.807) is 45.6 Å². The SMILES string of the molecule is COc1ccc(NC(=O)OCC2CC3CCN2CC3c2cc(-c3ccc(OC)c(OC)c3)nn2C)cc1. The average molecular weight is 507 g/mol. The minimum atomic E-state index is -0.435. The van der Waals surface area contributed by atoms with E-state index in [4.69, 9.17) is 24.0 Å². The molecule has 0 aliphatic carbocycles. The van der Waals surface area contributed by atoms with Crippen molar-refractivity contribution in [1.82, 2.24) is 14.7 Å². The molecule has 3 saturated heterocycles. The summed E-state index contributed by atoms with van der Waals surface area (Å²) >= 11 is 0. The van der Waals surface area contributed by atoms with Crippen LogP contribution in [-0.4, -0.2) is 67.8 Å². The molecular formula is C28H34N4O5. The van der Waals surface area contributed by atoms with E-state index in [1.165, 1.54) is 5.69 Å². The summed E-state index contributed by atoms with van der Waals surface area (Å²) in [5, 5.41) is 7.61. The Kier molecular flexibility index (Phi) is 7.23. The third kappa shape index (κ3) is 5.22. The highest BCUT2D eigenvalue weighted by molar-refractivity contribution is 5.84. The van der Waals surface area contributed by atoms with E-state index in [9.17, 15) is 4.79 Å². The van der Waals surface area contributed by atoms with Crippen LogP contribution in [0.3, 0.4) is 0 Å². The molecule has 4 heterocycles. The fraction of sp³-hybridized carbons (Fsp3) is 0.429. The van der Waals surface area contributed by atoms with Gasteiger partial charge in [0.15, 0.2) is 11.5 Å². The van der Waals surface area contributed by atoms with Crippen molar-refractivity contribution in [3.8, 4) is 28.5 Å². The Morgan fingerprint density at radius 3 is 2.49 bits per heavy atom. The number of amides is 1. The number of rotatable bonds is 8. The van der Waals surface area contributed by atoms with Crippen LogP contribution in [0.2, 0.25) is 0 Å². The van der Waals surface area contributed by atoms with E-state index in [0.717, 1.165) is 42.9 Å². The predicted molar refractivity (Wildman–Crippen MR) is 141 cm³/mol. The third-order valence-corrected chi connectivity index (χ3v) is 7.60. The van der Waals surface area contributed by atoms with Crippen LogP contribution in [0.15, 0.2) is 48.5 Å². The Morgan fingerprint density at radius 1 is 1.03 bits per heavy atom. The molecule has 2 bridgehead atoms. The minimum absolute atomic E-state index is 0.232. The molecule has 9 nitrogen and oxygen atoms in total. The van der Waals surface area contributed by atoms with Crippen LogP contribution in [0.1, 0.15) is 24.5 Å². The van der Waals surface area contributed by atoms with E-state index in [2.05, 4.69) is 16.3 Å². The Morgan fingerprint density at radius 2 is 1.81 bits per heavy atom. The maximum Gasteiger partial charge on any atom is 0.411 e. The molecule has 9 heteroatoms. The standard InChI is InChI=1S/C28H34N4O5/c1-31-25(15-24(30-31)19-5-10-26(35-3)27(14-19)36-4)23-16-32-12-11-18(23)13-21(32)17-37-28(33)29-20-6-8-22(34-2)9-7-20/h5-10,14-15,18,21,23H,11-13,16-17H2,1-4H3,(H,29,33). The van der Waals surface area contributed by atoms with Crippen LogP contribution in [0.4, 0.5) is 10.5 Å². The van der Waals surface area contributed by atoms with Crippen molar-refractivity contribution in [3.63, 3.8) is 0 Å². The normalized spacial score (nSPS) is 22.4. The Balaban J connectivity index is 1.21. The zero-order chi connectivity index (χ0) is 25.9. The lowest BCUT2D eigenvalue weighted by Gasteiger charge is -2.49. The summed E-state index contributed by atoms with van der Waals surface area (Å²) in [5.74, 6) is 3.05. The van der Waals surface area contributed by atoms with Crippen molar-refractivity contribution in [2.45, 2.75) is 24.8 Å². The molecule has 1 N–H and O–H groups in total. The second kappa shape index (κ2) is 10.7. The van der Waals surface area contributed by atoms with Gasteiger partial charge in [-0.1, -0.05) is 0 Å². The van der Waals surface area contributed by atoms with E-state index < -0.39 is 6.09 Å². The summed E-state index contributed by atoms with van der Waals surface area (Å²) in [6, 6.07) is 15.5. The van der Waals surface area contributed by atoms with Crippen LogP contribution in [-0.2, 0) is 11.8 Å². The number of hydrogen-bond donors (Lipinski definition) is 1. The number of methoxy groups -OCH3 is 3. The van der Waals surface area contributed by atoms with Crippen LogP contribution in [0.5, 0.6) is 17.2 Å². The molecule has 3 aliphatic rings. The Bertz CT molecular complexity index is 1240. The molecule has 3 fully saturated rings. The lowest BCUT2D eigenvalue weighted by atomic mass is 9.74. The quantitative estimate of drug-likeness (QED) is 0.480. The summed E-state index contributed by atoms with van der Waals surface area (Å²) < 4.78 is 23.6. The van der Waals surface area contributed by atoms with Crippen LogP contribution in [0.25, 0.3) is 11.3 Å². The smallest absolute Gasteiger partial charge is 0.411 e. The number of benzene rings is 2. The van der Waals surface area contributed by atoms with E-state index >= 15 is 0 Å². The average Bonchev–Trinajstić information content (AvgIpc) is 3.33. The van der Waals surface area contributed by atoms with Crippen molar-refractivity contribution in [2.24, 2.45) is 13.0 Å². The summed E-state index contributed by atoms with van der Waals surface area (Å²) in [6.07, 6.45) is 1.70. The first-order valence-electron chi connectivity index (χ1n) is 12.6. The second-order valence-corrected chi connectivity index (χ2v) is 9.64. The molecule has 4 atom stereocenters. The third-order valence-electron chi connectivity index (χ3n) is 7.60. The Hall–Kier alpha value is -3.72. The number of ether oxygens (including phenoxy) is 4. The van der Waals surface area contributed by atoms with Crippen molar-refractivity contribution in [1.29, 1.82) is 0 Å². The number of nitrogens with zero attached hydrogens (tertiary/aromatic N) is 3. The predicted octanol–water partition coefficient (Wildman–Crippen LogP) is 4.54. The van der Waals surface area contributed by atoms with E-state index in [1.807, 2.05) is 29.9 Å². The number of anilines is 1. The first kappa shape index (κ1) is 25.0. The van der Waals surface area contributed by atoms with Gasteiger partial charge in [-0.15, -0.1) is 0 Å². The molecule has 3 aliphatic heterocycles. The highest BCUT2D eigenvalue weighted by Gasteiger charge is 2.42. The van der Waals surface area contributed by atoms with Gasteiger partial charge in [-0.3, -0.25) is 14.9 Å². The summed E-state index contributed by atoms with van der Waals surface area (Å²) in [6.45, 7) is 2.34. The van der Waals surface area contributed by atoms with Gasteiger partial charge in [0.1, 0.15) is 12.4 Å². The number of piperidine rings is 3. The van der Waals surface area contributed by atoms with Gasteiger partial charge in [0.05, 0.1) is 27.0 Å². The zero-order valence-corrected chi connectivity index (χ0v) is 21.8. The highest BCUT2D eigenvalue weighted by atomic mass is 16.5. The first-order valence-corrected chi connectivity index (χ1v) is 12.6. The summed E-state index contributed by atoms with van der Waals surface area (Å²) in [7, 11) is 6.90. The Labute approximate surface area is 217 Å². The maximum atomic E-state index is 12.4. The monoisotopic (exact) mass is 506 g/mol. The molecule has 2 aromatic carbocycles. The zero-order valence-electron chi connectivity index (χ0n) is 21.8. The molecule has 0 saturated carbocycles. The van der Waals surface area contributed by atoms with Crippen LogP contribution >= 0.6 is 0 Å². The molecule has 0 radical (unpaired) electrons. The number of hydrogen-bond acceptors (Lipinski definition) is 7. The molecule has 0 spiro atoms. The van der Waals surface area contributed by atoms with Crippen molar-refractivity contribution in [3.05, 3.63) is 54.2 Å². The first-order chi connectivity index (χ1) is 18.0. The summed E-state index contributed by atoms with van der Waals surface area (Å²) in [4.78, 5) is 14.8. The summed E-state index contributed by atoms with van der Waals surface area (Å²) in [5.41, 5.74) is 3.83. The number of fused-ring (bicyclic) bond motifs is 3. The molecule has 1 aromatic heterocycles. The number of aryl methyl sites for hydroxylation is 1. The highest BCUT2D eigenvalue weighted by Crippen LogP contribution is 2.43. The molecule has 3 aromatic rings. The van der Waals surface area contributed by atoms with Crippen LogP contribution in [0, 0.1) is 5.92 Å².